The molecule has 1 aliphatic rings. The molecule has 6 heteroatoms. The molecule has 1 aromatic carbocycles. The highest BCUT2D eigenvalue weighted by Crippen LogP contribution is 2.35. The molecule has 0 spiro atoms. The van der Waals surface area contributed by atoms with Crippen molar-refractivity contribution in [3.8, 4) is 5.75 Å². The summed E-state index contributed by atoms with van der Waals surface area (Å²) in [4.78, 5) is 10.6. The Hall–Kier alpha value is -1.82. The van der Waals surface area contributed by atoms with Gasteiger partial charge >= 0.3 is 0 Å². The average Bonchev–Trinajstić information content (AvgIpc) is 3.26. The maximum Gasteiger partial charge on any atom is 0.275 e. The van der Waals surface area contributed by atoms with E-state index in [1.807, 2.05) is 6.92 Å². The molecule has 0 heterocycles. The fraction of sp³-hybridized carbons (Fsp3) is 0.571. The summed E-state index contributed by atoms with van der Waals surface area (Å²) in [6.07, 6.45) is 3.20. The van der Waals surface area contributed by atoms with Gasteiger partial charge < -0.3 is 15.8 Å². The van der Waals surface area contributed by atoms with Crippen molar-refractivity contribution in [3.63, 3.8) is 0 Å². The van der Waals surface area contributed by atoms with Gasteiger partial charge in [-0.15, -0.1) is 0 Å². The van der Waals surface area contributed by atoms with Crippen LogP contribution in [-0.2, 0) is 0 Å². The number of benzene rings is 1. The molecule has 110 valence electrons. The number of nitrogens with one attached hydrogen (secondary N) is 1. The number of nitrogens with two attached hydrogens (primary N) is 1. The molecule has 0 saturated heterocycles. The predicted octanol–water partition coefficient (Wildman–Crippen LogP) is 2.53. The minimum atomic E-state index is -0.404. The maximum atomic E-state index is 11.0. The monoisotopic (exact) mass is 279 g/mol. The van der Waals surface area contributed by atoms with Gasteiger partial charge in [0.2, 0.25) is 0 Å². The van der Waals surface area contributed by atoms with Crippen LogP contribution in [0.5, 0.6) is 5.75 Å². The SMILES string of the molecule is CCCOc1cc(NC(CN)C2CC2)cc([N+](=O)[O-])c1. The number of non-ortho nitro benzene ring substituents is 1. The van der Waals surface area contributed by atoms with E-state index in [0.717, 1.165) is 6.42 Å². The predicted molar refractivity (Wildman–Crippen MR) is 78.1 cm³/mol. The molecule has 20 heavy (non-hydrogen) atoms. The Morgan fingerprint density at radius 2 is 2.25 bits per heavy atom. The summed E-state index contributed by atoms with van der Waals surface area (Å²) in [6.45, 7) is 3.07. The third-order valence-corrected chi connectivity index (χ3v) is 3.37. The number of nitro groups is 1. The van der Waals surface area contributed by atoms with Gasteiger partial charge in [0.1, 0.15) is 5.75 Å². The zero-order valence-electron chi connectivity index (χ0n) is 11.7. The van der Waals surface area contributed by atoms with E-state index >= 15 is 0 Å². The van der Waals surface area contributed by atoms with Crippen LogP contribution >= 0.6 is 0 Å². The number of ether oxygens (including phenoxy) is 1. The van der Waals surface area contributed by atoms with E-state index in [2.05, 4.69) is 5.32 Å². The normalized spacial score (nSPS) is 15.7. The van der Waals surface area contributed by atoms with Crippen LogP contribution in [0, 0.1) is 16.0 Å². The van der Waals surface area contributed by atoms with E-state index in [9.17, 15) is 10.1 Å². The minimum Gasteiger partial charge on any atom is -0.493 e. The standard InChI is InChI=1S/C14H21N3O3/c1-2-5-20-13-7-11(6-12(8-13)17(18)19)16-14(9-15)10-3-4-10/h6-8,10,14,16H,2-5,9,15H2,1H3. The lowest BCUT2D eigenvalue weighted by molar-refractivity contribution is -0.384. The summed E-state index contributed by atoms with van der Waals surface area (Å²) < 4.78 is 5.50. The molecule has 0 bridgehead atoms. The highest BCUT2D eigenvalue weighted by molar-refractivity contribution is 5.57. The van der Waals surface area contributed by atoms with Crippen LogP contribution in [0.4, 0.5) is 11.4 Å². The molecule has 3 N–H and O–H groups in total. The van der Waals surface area contributed by atoms with Crippen LogP contribution in [0.15, 0.2) is 18.2 Å². The molecule has 0 aromatic heterocycles. The molecule has 1 saturated carbocycles. The summed E-state index contributed by atoms with van der Waals surface area (Å²) in [5.74, 6) is 1.11. The van der Waals surface area contributed by atoms with Crippen molar-refractivity contribution in [2.75, 3.05) is 18.5 Å². The van der Waals surface area contributed by atoms with Crippen molar-refractivity contribution in [1.82, 2.24) is 0 Å². The van der Waals surface area contributed by atoms with Gasteiger partial charge in [0.25, 0.3) is 5.69 Å². The Labute approximate surface area is 118 Å². The highest BCUT2D eigenvalue weighted by Gasteiger charge is 2.30. The number of nitrogens with zero attached hydrogens (tertiary/aromatic N) is 1. The largest absolute Gasteiger partial charge is 0.493 e. The second-order valence-corrected chi connectivity index (χ2v) is 5.15. The minimum absolute atomic E-state index is 0.0349. The number of anilines is 1. The molecule has 1 aromatic rings. The van der Waals surface area contributed by atoms with Gasteiger partial charge in [-0.1, -0.05) is 6.92 Å². The van der Waals surface area contributed by atoms with Crippen LogP contribution in [0.2, 0.25) is 0 Å². The van der Waals surface area contributed by atoms with E-state index in [4.69, 9.17) is 10.5 Å². The summed E-state index contributed by atoms with van der Waals surface area (Å²) in [5, 5.41) is 14.3. The average molecular weight is 279 g/mol. The Morgan fingerprint density at radius 1 is 1.50 bits per heavy atom. The van der Waals surface area contributed by atoms with E-state index in [0.29, 0.717) is 30.5 Å². The summed E-state index contributed by atoms with van der Waals surface area (Å²) in [6, 6.07) is 4.96. The number of hydrogen-bond acceptors (Lipinski definition) is 5. The molecule has 1 aliphatic carbocycles. The third-order valence-electron chi connectivity index (χ3n) is 3.37. The molecule has 0 radical (unpaired) electrons. The number of rotatable bonds is 8. The van der Waals surface area contributed by atoms with Gasteiger partial charge in [0, 0.05) is 30.4 Å². The molecule has 2 rings (SSSR count). The smallest absolute Gasteiger partial charge is 0.275 e. The topological polar surface area (TPSA) is 90.4 Å². The van der Waals surface area contributed by atoms with E-state index < -0.39 is 4.92 Å². The van der Waals surface area contributed by atoms with E-state index in [1.165, 1.54) is 25.0 Å². The molecular formula is C14H21N3O3. The quantitative estimate of drug-likeness (QED) is 0.563. The van der Waals surface area contributed by atoms with Crippen molar-refractivity contribution < 1.29 is 9.66 Å². The van der Waals surface area contributed by atoms with Crippen molar-refractivity contribution >= 4 is 11.4 Å². The molecule has 6 nitrogen and oxygen atoms in total. The fourth-order valence-electron chi connectivity index (χ4n) is 2.16. The second-order valence-electron chi connectivity index (χ2n) is 5.15. The lowest BCUT2D eigenvalue weighted by Crippen LogP contribution is -2.30. The molecule has 1 unspecified atom stereocenters. The first-order valence-corrected chi connectivity index (χ1v) is 7.03. The first-order chi connectivity index (χ1) is 9.63. The lowest BCUT2D eigenvalue weighted by Gasteiger charge is -2.18. The number of nitro benzene ring substituents is 1. The van der Waals surface area contributed by atoms with E-state index in [1.54, 1.807) is 6.07 Å². The zero-order valence-corrected chi connectivity index (χ0v) is 11.7. The van der Waals surface area contributed by atoms with Gasteiger partial charge in [-0.25, -0.2) is 0 Å². The lowest BCUT2D eigenvalue weighted by atomic mass is 10.1. The Bertz CT molecular complexity index is 475. The third kappa shape index (κ3) is 3.84. The highest BCUT2D eigenvalue weighted by atomic mass is 16.6. The second kappa shape index (κ2) is 6.56. The van der Waals surface area contributed by atoms with Gasteiger partial charge in [0.15, 0.2) is 0 Å². The van der Waals surface area contributed by atoms with Crippen LogP contribution < -0.4 is 15.8 Å². The van der Waals surface area contributed by atoms with Crippen molar-refractivity contribution in [3.05, 3.63) is 28.3 Å². The van der Waals surface area contributed by atoms with Crippen molar-refractivity contribution in [2.45, 2.75) is 32.2 Å². The van der Waals surface area contributed by atoms with Crippen LogP contribution in [0.3, 0.4) is 0 Å². The zero-order chi connectivity index (χ0) is 14.5. The maximum absolute atomic E-state index is 11.0. The van der Waals surface area contributed by atoms with Crippen molar-refractivity contribution in [2.24, 2.45) is 11.7 Å². The van der Waals surface area contributed by atoms with Gasteiger partial charge in [-0.05, 0) is 25.2 Å². The number of hydrogen-bond donors (Lipinski definition) is 2. The molecular weight excluding hydrogens is 258 g/mol. The summed E-state index contributed by atoms with van der Waals surface area (Å²) in [5.41, 5.74) is 6.49. The van der Waals surface area contributed by atoms with Crippen LogP contribution in [0.25, 0.3) is 0 Å². The van der Waals surface area contributed by atoms with Gasteiger partial charge in [-0.3, -0.25) is 10.1 Å². The summed E-state index contributed by atoms with van der Waals surface area (Å²) >= 11 is 0. The van der Waals surface area contributed by atoms with Gasteiger partial charge in [0.05, 0.1) is 17.6 Å². The van der Waals surface area contributed by atoms with Crippen LogP contribution in [-0.4, -0.2) is 24.1 Å². The fourth-order valence-corrected chi connectivity index (χ4v) is 2.16. The Balaban J connectivity index is 2.16. The Kier molecular flexibility index (Phi) is 4.79. The summed E-state index contributed by atoms with van der Waals surface area (Å²) in [7, 11) is 0. The van der Waals surface area contributed by atoms with Crippen molar-refractivity contribution in [1.29, 1.82) is 0 Å². The first kappa shape index (κ1) is 14.6. The van der Waals surface area contributed by atoms with E-state index in [-0.39, 0.29) is 11.7 Å². The van der Waals surface area contributed by atoms with Gasteiger partial charge in [-0.2, -0.15) is 0 Å². The van der Waals surface area contributed by atoms with Crippen LogP contribution in [0.1, 0.15) is 26.2 Å². The molecule has 0 amide bonds. The Morgan fingerprint density at radius 3 is 2.80 bits per heavy atom. The molecule has 1 atom stereocenters. The molecule has 1 fully saturated rings. The molecule has 0 aliphatic heterocycles. The first-order valence-electron chi connectivity index (χ1n) is 7.03.